The second-order valence-corrected chi connectivity index (χ2v) is 3.87. The normalized spacial score (nSPS) is 10.3. The van der Waals surface area contributed by atoms with E-state index in [0.29, 0.717) is 17.9 Å². The first-order valence-corrected chi connectivity index (χ1v) is 5.71. The standard InChI is InChI=1S/C13H12O2S/c14-13(15-7-8-16)12-6-5-10-3-1-2-4-11(10)9-12/h1-6,9,16H,7-8H2. The van der Waals surface area contributed by atoms with Gasteiger partial charge in [-0.15, -0.1) is 0 Å². The number of carbonyl (C=O) groups is 1. The molecule has 0 radical (unpaired) electrons. The SMILES string of the molecule is O=C(OCCS)c1ccc2ccccc2c1. The lowest BCUT2D eigenvalue weighted by Gasteiger charge is -2.04. The van der Waals surface area contributed by atoms with Gasteiger partial charge in [0, 0.05) is 5.75 Å². The largest absolute Gasteiger partial charge is 0.461 e. The molecule has 0 atom stereocenters. The van der Waals surface area contributed by atoms with Gasteiger partial charge >= 0.3 is 5.97 Å². The Morgan fingerprint density at radius 2 is 1.88 bits per heavy atom. The molecule has 2 rings (SSSR count). The van der Waals surface area contributed by atoms with Gasteiger partial charge in [0.15, 0.2) is 0 Å². The molecule has 0 amide bonds. The lowest BCUT2D eigenvalue weighted by molar-refractivity contribution is 0.0531. The Labute approximate surface area is 99.6 Å². The van der Waals surface area contributed by atoms with Crippen molar-refractivity contribution in [1.82, 2.24) is 0 Å². The van der Waals surface area contributed by atoms with Crippen LogP contribution in [0.25, 0.3) is 10.8 Å². The highest BCUT2D eigenvalue weighted by Crippen LogP contribution is 2.16. The fourth-order valence-corrected chi connectivity index (χ4v) is 1.63. The van der Waals surface area contributed by atoms with Crippen molar-refractivity contribution in [2.45, 2.75) is 0 Å². The number of hydrogen-bond acceptors (Lipinski definition) is 3. The Kier molecular flexibility index (Phi) is 3.47. The Bertz CT molecular complexity index is 508. The van der Waals surface area contributed by atoms with E-state index in [2.05, 4.69) is 12.6 Å². The minimum Gasteiger partial charge on any atom is -0.461 e. The minimum absolute atomic E-state index is 0.292. The summed E-state index contributed by atoms with van der Waals surface area (Å²) < 4.78 is 5.01. The van der Waals surface area contributed by atoms with Crippen LogP contribution < -0.4 is 0 Å². The summed E-state index contributed by atoms with van der Waals surface area (Å²) in [5, 5.41) is 2.16. The first-order chi connectivity index (χ1) is 7.81. The zero-order valence-corrected chi connectivity index (χ0v) is 9.61. The molecule has 2 aromatic carbocycles. The van der Waals surface area contributed by atoms with Crippen LogP contribution in [-0.4, -0.2) is 18.3 Å². The molecule has 0 saturated carbocycles. The van der Waals surface area contributed by atoms with Gasteiger partial charge in [0.2, 0.25) is 0 Å². The van der Waals surface area contributed by atoms with E-state index in [1.54, 1.807) is 6.07 Å². The van der Waals surface area contributed by atoms with Crippen molar-refractivity contribution >= 4 is 29.4 Å². The Morgan fingerprint density at radius 1 is 1.12 bits per heavy atom. The first kappa shape index (κ1) is 11.0. The van der Waals surface area contributed by atoms with Gasteiger partial charge in [-0.2, -0.15) is 12.6 Å². The molecule has 82 valence electrons. The third-order valence-corrected chi connectivity index (χ3v) is 2.49. The van der Waals surface area contributed by atoms with E-state index >= 15 is 0 Å². The van der Waals surface area contributed by atoms with Crippen LogP contribution in [0.1, 0.15) is 10.4 Å². The fourth-order valence-electron chi connectivity index (χ4n) is 1.54. The Hall–Kier alpha value is -1.48. The van der Waals surface area contributed by atoms with Crippen LogP contribution in [0.4, 0.5) is 0 Å². The molecule has 3 heteroatoms. The number of hydrogen-bond donors (Lipinski definition) is 1. The van der Waals surface area contributed by atoms with E-state index in [9.17, 15) is 4.79 Å². The van der Waals surface area contributed by atoms with Crippen LogP contribution in [0.3, 0.4) is 0 Å². The molecule has 0 aliphatic rings. The van der Waals surface area contributed by atoms with Gasteiger partial charge in [0.25, 0.3) is 0 Å². The molecule has 0 fully saturated rings. The van der Waals surface area contributed by atoms with Gasteiger partial charge in [-0.25, -0.2) is 4.79 Å². The van der Waals surface area contributed by atoms with Crippen LogP contribution in [0.5, 0.6) is 0 Å². The molecule has 0 saturated heterocycles. The first-order valence-electron chi connectivity index (χ1n) is 5.08. The zero-order valence-electron chi connectivity index (χ0n) is 8.72. The fraction of sp³-hybridized carbons (Fsp3) is 0.154. The predicted molar refractivity (Wildman–Crippen MR) is 68.1 cm³/mol. The Morgan fingerprint density at radius 3 is 2.62 bits per heavy atom. The van der Waals surface area contributed by atoms with Crippen molar-refractivity contribution in [2.75, 3.05) is 12.4 Å². The van der Waals surface area contributed by atoms with Crippen molar-refractivity contribution in [1.29, 1.82) is 0 Å². The second kappa shape index (κ2) is 5.03. The molecular weight excluding hydrogens is 220 g/mol. The van der Waals surface area contributed by atoms with Crippen molar-refractivity contribution in [3.63, 3.8) is 0 Å². The third kappa shape index (κ3) is 2.36. The number of esters is 1. The highest BCUT2D eigenvalue weighted by Gasteiger charge is 2.06. The van der Waals surface area contributed by atoms with Gasteiger partial charge in [0.05, 0.1) is 5.56 Å². The summed E-state index contributed by atoms with van der Waals surface area (Å²) in [7, 11) is 0. The van der Waals surface area contributed by atoms with E-state index < -0.39 is 0 Å². The zero-order chi connectivity index (χ0) is 11.4. The minimum atomic E-state index is -0.292. The monoisotopic (exact) mass is 232 g/mol. The van der Waals surface area contributed by atoms with E-state index in [-0.39, 0.29) is 5.97 Å². The molecule has 0 unspecified atom stereocenters. The lowest BCUT2D eigenvalue weighted by atomic mass is 10.1. The summed E-state index contributed by atoms with van der Waals surface area (Å²) >= 11 is 3.99. The molecule has 16 heavy (non-hydrogen) atoms. The molecule has 2 aromatic rings. The van der Waals surface area contributed by atoms with E-state index in [0.717, 1.165) is 10.8 Å². The van der Waals surface area contributed by atoms with Crippen molar-refractivity contribution in [3.8, 4) is 0 Å². The summed E-state index contributed by atoms with van der Waals surface area (Å²) in [6, 6.07) is 13.5. The highest BCUT2D eigenvalue weighted by molar-refractivity contribution is 7.80. The molecule has 0 spiro atoms. The van der Waals surface area contributed by atoms with Crippen LogP contribution >= 0.6 is 12.6 Å². The van der Waals surface area contributed by atoms with Crippen molar-refractivity contribution < 1.29 is 9.53 Å². The maximum atomic E-state index is 11.6. The highest BCUT2D eigenvalue weighted by atomic mass is 32.1. The van der Waals surface area contributed by atoms with Gasteiger partial charge in [-0.1, -0.05) is 30.3 Å². The molecule has 2 nitrogen and oxygen atoms in total. The Balaban J connectivity index is 2.28. The van der Waals surface area contributed by atoms with Crippen LogP contribution in [0, 0.1) is 0 Å². The second-order valence-electron chi connectivity index (χ2n) is 3.42. The average molecular weight is 232 g/mol. The average Bonchev–Trinajstić information content (AvgIpc) is 2.35. The number of thiol groups is 1. The number of benzene rings is 2. The van der Waals surface area contributed by atoms with E-state index in [4.69, 9.17) is 4.74 Å². The number of ether oxygens (including phenoxy) is 1. The summed E-state index contributed by atoms with van der Waals surface area (Å²) in [4.78, 5) is 11.6. The van der Waals surface area contributed by atoms with E-state index in [1.165, 1.54) is 0 Å². The summed E-state index contributed by atoms with van der Waals surface area (Å²) in [5.41, 5.74) is 0.584. The lowest BCUT2D eigenvalue weighted by Crippen LogP contribution is -2.06. The number of fused-ring (bicyclic) bond motifs is 1. The summed E-state index contributed by atoms with van der Waals surface area (Å²) in [6.07, 6.45) is 0. The molecular formula is C13H12O2S. The topological polar surface area (TPSA) is 26.3 Å². The van der Waals surface area contributed by atoms with E-state index in [1.807, 2.05) is 36.4 Å². The third-order valence-electron chi connectivity index (χ3n) is 2.31. The molecule has 0 aliphatic carbocycles. The van der Waals surface area contributed by atoms with Gasteiger partial charge < -0.3 is 4.74 Å². The van der Waals surface area contributed by atoms with Gasteiger partial charge in [0.1, 0.15) is 6.61 Å². The van der Waals surface area contributed by atoms with Crippen LogP contribution in [0.2, 0.25) is 0 Å². The number of carbonyl (C=O) groups excluding carboxylic acids is 1. The molecule has 0 N–H and O–H groups in total. The summed E-state index contributed by atoms with van der Waals surface area (Å²) in [5.74, 6) is 0.249. The smallest absolute Gasteiger partial charge is 0.338 e. The summed E-state index contributed by atoms with van der Waals surface area (Å²) in [6.45, 7) is 0.342. The van der Waals surface area contributed by atoms with Crippen molar-refractivity contribution in [2.24, 2.45) is 0 Å². The predicted octanol–water partition coefficient (Wildman–Crippen LogP) is 2.93. The van der Waals surface area contributed by atoms with Crippen LogP contribution in [-0.2, 0) is 4.74 Å². The maximum absolute atomic E-state index is 11.6. The number of rotatable bonds is 3. The molecule has 0 aromatic heterocycles. The molecule has 0 aliphatic heterocycles. The molecule has 0 bridgehead atoms. The quantitative estimate of drug-likeness (QED) is 0.650. The van der Waals surface area contributed by atoms with Crippen LogP contribution in [0.15, 0.2) is 42.5 Å². The maximum Gasteiger partial charge on any atom is 0.338 e. The van der Waals surface area contributed by atoms with Gasteiger partial charge in [-0.3, -0.25) is 0 Å². The molecule has 0 heterocycles. The van der Waals surface area contributed by atoms with Gasteiger partial charge in [-0.05, 0) is 22.9 Å². The van der Waals surface area contributed by atoms with Crippen molar-refractivity contribution in [3.05, 3.63) is 48.0 Å².